The smallest absolute Gasteiger partial charge is 0.240 e. The van der Waals surface area contributed by atoms with Crippen molar-refractivity contribution < 1.29 is 4.79 Å². The van der Waals surface area contributed by atoms with Crippen molar-refractivity contribution >= 4 is 11.6 Å². The van der Waals surface area contributed by atoms with Gasteiger partial charge >= 0.3 is 0 Å². The molecule has 3 nitrogen and oxygen atoms in total. The Labute approximate surface area is 132 Å². The van der Waals surface area contributed by atoms with E-state index < -0.39 is 6.04 Å². The number of amides is 1. The van der Waals surface area contributed by atoms with Crippen molar-refractivity contribution in [2.75, 3.05) is 5.32 Å². The van der Waals surface area contributed by atoms with Crippen molar-refractivity contribution in [3.05, 3.63) is 65.7 Å². The van der Waals surface area contributed by atoms with E-state index in [0.29, 0.717) is 6.42 Å². The molecule has 0 spiro atoms. The van der Waals surface area contributed by atoms with Gasteiger partial charge in [-0.25, -0.2) is 0 Å². The topological polar surface area (TPSA) is 55.1 Å². The van der Waals surface area contributed by atoms with Crippen LogP contribution in [-0.2, 0) is 16.6 Å². The number of anilines is 1. The lowest BCUT2D eigenvalue weighted by atomic mass is 9.87. The lowest BCUT2D eigenvalue weighted by Crippen LogP contribution is -2.37. The molecular formula is C19H24N2O. The molecule has 0 aromatic heterocycles. The maximum absolute atomic E-state index is 11.7. The van der Waals surface area contributed by atoms with Crippen LogP contribution in [0.15, 0.2) is 54.6 Å². The number of benzene rings is 2. The summed E-state index contributed by atoms with van der Waals surface area (Å²) in [5.41, 5.74) is 8.91. The van der Waals surface area contributed by atoms with E-state index in [1.165, 1.54) is 5.56 Å². The van der Waals surface area contributed by atoms with E-state index in [-0.39, 0.29) is 11.3 Å². The molecule has 1 amide bonds. The highest BCUT2D eigenvalue weighted by Crippen LogP contribution is 2.23. The molecule has 1 unspecified atom stereocenters. The SMILES string of the molecule is CC(C)(C)c1ccc(NC(Cc2ccccc2)C(N)=O)cc1. The normalized spacial score (nSPS) is 12.7. The third-order valence-corrected chi connectivity index (χ3v) is 3.72. The molecule has 0 heterocycles. The fraction of sp³-hybridized carbons (Fsp3) is 0.316. The third kappa shape index (κ3) is 4.35. The first-order valence-corrected chi connectivity index (χ1v) is 7.56. The van der Waals surface area contributed by atoms with Crippen molar-refractivity contribution in [1.29, 1.82) is 0 Å². The Morgan fingerprint density at radius 3 is 2.14 bits per heavy atom. The second kappa shape index (κ2) is 6.65. The molecule has 0 bridgehead atoms. The van der Waals surface area contributed by atoms with Crippen LogP contribution in [0, 0.1) is 0 Å². The molecule has 0 radical (unpaired) electrons. The number of hydrogen-bond acceptors (Lipinski definition) is 2. The van der Waals surface area contributed by atoms with E-state index in [0.717, 1.165) is 11.3 Å². The van der Waals surface area contributed by atoms with Crippen molar-refractivity contribution in [1.82, 2.24) is 0 Å². The number of primary amides is 1. The Balaban J connectivity index is 2.10. The third-order valence-electron chi connectivity index (χ3n) is 3.72. The van der Waals surface area contributed by atoms with Crippen LogP contribution in [0.25, 0.3) is 0 Å². The van der Waals surface area contributed by atoms with E-state index in [1.54, 1.807) is 0 Å². The first kappa shape index (κ1) is 16.1. The first-order valence-electron chi connectivity index (χ1n) is 7.56. The summed E-state index contributed by atoms with van der Waals surface area (Å²) in [6.45, 7) is 6.53. The Morgan fingerprint density at radius 2 is 1.64 bits per heavy atom. The average Bonchev–Trinajstić information content (AvgIpc) is 2.47. The van der Waals surface area contributed by atoms with Gasteiger partial charge in [-0.15, -0.1) is 0 Å². The Morgan fingerprint density at radius 1 is 1.05 bits per heavy atom. The Hall–Kier alpha value is -2.29. The van der Waals surface area contributed by atoms with Gasteiger partial charge < -0.3 is 11.1 Å². The summed E-state index contributed by atoms with van der Waals surface area (Å²) in [5.74, 6) is -0.344. The lowest BCUT2D eigenvalue weighted by Gasteiger charge is -2.21. The molecule has 0 aliphatic rings. The van der Waals surface area contributed by atoms with Gasteiger partial charge in [0.1, 0.15) is 6.04 Å². The molecule has 0 aliphatic carbocycles. The summed E-state index contributed by atoms with van der Waals surface area (Å²) in [4.78, 5) is 11.7. The van der Waals surface area contributed by atoms with Gasteiger partial charge in [-0.3, -0.25) is 4.79 Å². The maximum Gasteiger partial charge on any atom is 0.240 e. The van der Waals surface area contributed by atoms with Crippen LogP contribution in [0.4, 0.5) is 5.69 Å². The highest BCUT2D eigenvalue weighted by molar-refractivity contribution is 5.83. The van der Waals surface area contributed by atoms with Crippen LogP contribution >= 0.6 is 0 Å². The van der Waals surface area contributed by atoms with Gasteiger partial charge in [-0.1, -0.05) is 63.2 Å². The van der Waals surface area contributed by atoms with E-state index in [2.05, 4.69) is 38.2 Å². The highest BCUT2D eigenvalue weighted by atomic mass is 16.1. The lowest BCUT2D eigenvalue weighted by molar-refractivity contribution is -0.118. The molecule has 2 aromatic rings. The summed E-state index contributed by atoms with van der Waals surface area (Å²) < 4.78 is 0. The number of hydrogen-bond donors (Lipinski definition) is 2. The average molecular weight is 296 g/mol. The quantitative estimate of drug-likeness (QED) is 0.887. The molecule has 1 atom stereocenters. The number of nitrogens with two attached hydrogens (primary N) is 1. The van der Waals surface area contributed by atoms with E-state index >= 15 is 0 Å². The molecular weight excluding hydrogens is 272 g/mol. The van der Waals surface area contributed by atoms with Crippen LogP contribution < -0.4 is 11.1 Å². The minimum absolute atomic E-state index is 0.117. The molecule has 116 valence electrons. The predicted octanol–water partition coefficient (Wildman–Crippen LogP) is 3.49. The van der Waals surface area contributed by atoms with Crippen molar-refractivity contribution in [3.8, 4) is 0 Å². The van der Waals surface area contributed by atoms with Crippen molar-refractivity contribution in [2.45, 2.75) is 38.6 Å². The fourth-order valence-corrected chi connectivity index (χ4v) is 2.34. The molecule has 3 heteroatoms. The van der Waals surface area contributed by atoms with Gasteiger partial charge in [0.05, 0.1) is 0 Å². The van der Waals surface area contributed by atoms with Gasteiger partial charge in [-0.05, 0) is 28.7 Å². The maximum atomic E-state index is 11.7. The van der Waals surface area contributed by atoms with Crippen molar-refractivity contribution in [2.24, 2.45) is 5.73 Å². The number of rotatable bonds is 5. The minimum Gasteiger partial charge on any atom is -0.373 e. The second-order valence-electron chi connectivity index (χ2n) is 6.62. The van der Waals surface area contributed by atoms with E-state index in [1.807, 2.05) is 42.5 Å². The van der Waals surface area contributed by atoms with Crippen LogP contribution in [0.2, 0.25) is 0 Å². The van der Waals surface area contributed by atoms with E-state index in [4.69, 9.17) is 5.73 Å². The number of carbonyl (C=O) groups excluding carboxylic acids is 1. The predicted molar refractivity (Wildman–Crippen MR) is 91.9 cm³/mol. The summed E-state index contributed by atoms with van der Waals surface area (Å²) in [7, 11) is 0. The van der Waals surface area contributed by atoms with Crippen LogP contribution in [-0.4, -0.2) is 11.9 Å². The Bertz CT molecular complexity index is 612. The summed E-state index contributed by atoms with van der Waals surface area (Å²) in [5, 5.41) is 3.23. The van der Waals surface area contributed by atoms with Gasteiger partial charge in [0.15, 0.2) is 0 Å². The van der Waals surface area contributed by atoms with Gasteiger partial charge in [0.25, 0.3) is 0 Å². The summed E-state index contributed by atoms with van der Waals surface area (Å²) >= 11 is 0. The molecule has 2 rings (SSSR count). The fourth-order valence-electron chi connectivity index (χ4n) is 2.34. The second-order valence-corrected chi connectivity index (χ2v) is 6.62. The van der Waals surface area contributed by atoms with Gasteiger partial charge in [0, 0.05) is 12.1 Å². The molecule has 22 heavy (non-hydrogen) atoms. The Kier molecular flexibility index (Phi) is 4.86. The molecule has 0 aliphatic heterocycles. The van der Waals surface area contributed by atoms with Gasteiger partial charge in [-0.2, -0.15) is 0 Å². The zero-order valence-electron chi connectivity index (χ0n) is 13.5. The number of nitrogens with one attached hydrogen (secondary N) is 1. The minimum atomic E-state index is -0.414. The van der Waals surface area contributed by atoms with E-state index in [9.17, 15) is 4.79 Å². The zero-order chi connectivity index (χ0) is 16.2. The van der Waals surface area contributed by atoms with Crippen LogP contribution in [0.5, 0.6) is 0 Å². The molecule has 0 saturated carbocycles. The highest BCUT2D eigenvalue weighted by Gasteiger charge is 2.17. The zero-order valence-corrected chi connectivity index (χ0v) is 13.5. The van der Waals surface area contributed by atoms with Gasteiger partial charge in [0.2, 0.25) is 5.91 Å². The van der Waals surface area contributed by atoms with Crippen molar-refractivity contribution in [3.63, 3.8) is 0 Å². The molecule has 3 N–H and O–H groups in total. The first-order chi connectivity index (χ1) is 10.4. The number of carbonyl (C=O) groups is 1. The van der Waals surface area contributed by atoms with Crippen LogP contribution in [0.1, 0.15) is 31.9 Å². The summed E-state index contributed by atoms with van der Waals surface area (Å²) in [6, 6.07) is 17.6. The largest absolute Gasteiger partial charge is 0.373 e. The van der Waals surface area contributed by atoms with Crippen LogP contribution in [0.3, 0.4) is 0 Å². The monoisotopic (exact) mass is 296 g/mol. The molecule has 0 saturated heterocycles. The summed E-state index contributed by atoms with van der Waals surface area (Å²) in [6.07, 6.45) is 0.581. The standard InChI is InChI=1S/C19H24N2O/c1-19(2,3)15-9-11-16(12-10-15)21-17(18(20)22)13-14-7-5-4-6-8-14/h4-12,17,21H,13H2,1-3H3,(H2,20,22). The molecule has 2 aromatic carbocycles. The molecule has 0 fully saturated rings.